The molecule has 0 aliphatic rings. The van der Waals surface area contributed by atoms with E-state index in [1.807, 2.05) is 75.4 Å². The summed E-state index contributed by atoms with van der Waals surface area (Å²) in [6.45, 7) is 13.3. The molecule has 0 bridgehead atoms. The van der Waals surface area contributed by atoms with Gasteiger partial charge in [0.25, 0.3) is 0 Å². The smallest absolute Gasteiger partial charge is 0.408 e. The predicted octanol–water partition coefficient (Wildman–Crippen LogP) is 4.55. The molecule has 3 amide bonds. The molecule has 38 heavy (non-hydrogen) atoms. The molecule has 2 rings (SSSR count). The van der Waals surface area contributed by atoms with Crippen LogP contribution in [0.5, 0.6) is 5.75 Å². The lowest BCUT2D eigenvalue weighted by atomic mass is 10.0. The summed E-state index contributed by atoms with van der Waals surface area (Å²) in [5.41, 5.74) is 0.974. The average molecular weight is 526 g/mol. The number of nitrogens with one attached hydrogen (secondary N) is 3. The number of benzene rings is 2. The van der Waals surface area contributed by atoms with Gasteiger partial charge in [-0.25, -0.2) is 4.79 Å². The summed E-state index contributed by atoms with van der Waals surface area (Å²) >= 11 is 0. The van der Waals surface area contributed by atoms with Crippen molar-refractivity contribution >= 4 is 17.9 Å². The molecule has 2 aromatic carbocycles. The molecule has 0 radical (unpaired) electrons. The summed E-state index contributed by atoms with van der Waals surface area (Å²) in [7, 11) is 0. The second-order valence-electron chi connectivity index (χ2n) is 11.4. The molecule has 0 unspecified atom stereocenters. The Balaban J connectivity index is 1.98. The van der Waals surface area contributed by atoms with Crippen LogP contribution in [0.2, 0.25) is 0 Å². The van der Waals surface area contributed by atoms with E-state index >= 15 is 0 Å². The Morgan fingerprint density at radius 2 is 1.42 bits per heavy atom. The fraction of sp³-hybridized carbons (Fsp3) is 0.500. The van der Waals surface area contributed by atoms with Gasteiger partial charge < -0.3 is 25.4 Å². The van der Waals surface area contributed by atoms with E-state index in [9.17, 15) is 14.4 Å². The summed E-state index contributed by atoms with van der Waals surface area (Å²) < 4.78 is 11.2. The van der Waals surface area contributed by atoms with Gasteiger partial charge >= 0.3 is 6.09 Å². The quantitative estimate of drug-likeness (QED) is 0.373. The zero-order chi connectivity index (χ0) is 28.3. The highest BCUT2D eigenvalue weighted by molar-refractivity contribution is 5.91. The van der Waals surface area contributed by atoms with Gasteiger partial charge in [-0.1, -0.05) is 42.5 Å². The second-order valence-corrected chi connectivity index (χ2v) is 11.4. The molecular weight excluding hydrogens is 482 g/mol. The van der Waals surface area contributed by atoms with Crippen molar-refractivity contribution in [3.63, 3.8) is 0 Å². The zero-order valence-corrected chi connectivity index (χ0v) is 23.7. The predicted molar refractivity (Wildman–Crippen MR) is 149 cm³/mol. The first-order valence-electron chi connectivity index (χ1n) is 13.1. The van der Waals surface area contributed by atoms with Crippen LogP contribution >= 0.6 is 0 Å². The highest BCUT2D eigenvalue weighted by atomic mass is 16.6. The summed E-state index contributed by atoms with van der Waals surface area (Å²) in [6.07, 6.45) is 1.15. The summed E-state index contributed by atoms with van der Waals surface area (Å²) in [6, 6.07) is 15.7. The number of alkyl carbamates (subject to hydrolysis) is 1. The van der Waals surface area contributed by atoms with Gasteiger partial charge in [0.2, 0.25) is 11.8 Å². The van der Waals surface area contributed by atoms with Crippen LogP contribution < -0.4 is 20.7 Å². The minimum atomic E-state index is -0.937. The van der Waals surface area contributed by atoms with Crippen molar-refractivity contribution in [2.24, 2.45) is 0 Å². The van der Waals surface area contributed by atoms with E-state index in [0.29, 0.717) is 12.3 Å². The fourth-order valence-electron chi connectivity index (χ4n) is 3.62. The minimum absolute atomic E-state index is 0.215. The van der Waals surface area contributed by atoms with Crippen LogP contribution in [0.4, 0.5) is 4.79 Å². The molecule has 0 aliphatic heterocycles. The Bertz CT molecular complexity index is 1040. The van der Waals surface area contributed by atoms with Crippen LogP contribution in [-0.4, -0.2) is 47.7 Å². The van der Waals surface area contributed by atoms with Crippen molar-refractivity contribution in [2.45, 2.75) is 91.0 Å². The summed E-state index contributed by atoms with van der Waals surface area (Å²) in [5, 5.41) is 8.24. The Morgan fingerprint density at radius 3 is 2.00 bits per heavy atom. The molecular formula is C30H43N3O5. The number of rotatable bonds is 11. The number of hydrogen-bond donors (Lipinski definition) is 3. The number of ether oxygens (including phenoxy) is 2. The number of amides is 3. The van der Waals surface area contributed by atoms with Crippen molar-refractivity contribution in [3.05, 3.63) is 65.7 Å². The van der Waals surface area contributed by atoms with Gasteiger partial charge in [0.05, 0.1) is 0 Å². The molecule has 8 heteroatoms. The Hall–Kier alpha value is -3.55. The SMILES string of the molecule is C[C@@H](NC(=O)[C@H](Cc1ccc(OC(C)(C)C)cc1)NC(=O)OC(C)(C)C)C(=O)NCCCc1ccccc1. The maximum absolute atomic E-state index is 13.1. The van der Waals surface area contributed by atoms with Crippen molar-refractivity contribution in [2.75, 3.05) is 6.54 Å². The Morgan fingerprint density at radius 1 is 0.789 bits per heavy atom. The molecule has 8 nitrogen and oxygen atoms in total. The first kappa shape index (κ1) is 30.7. The van der Waals surface area contributed by atoms with Gasteiger partial charge in [0, 0.05) is 13.0 Å². The van der Waals surface area contributed by atoms with Gasteiger partial charge in [-0.05, 0) is 84.6 Å². The van der Waals surface area contributed by atoms with Crippen LogP contribution in [0.1, 0.15) is 66.0 Å². The van der Waals surface area contributed by atoms with E-state index in [1.165, 1.54) is 5.56 Å². The third kappa shape index (κ3) is 12.1. The lowest BCUT2D eigenvalue weighted by Crippen LogP contribution is -2.54. The monoisotopic (exact) mass is 525 g/mol. The van der Waals surface area contributed by atoms with Crippen molar-refractivity contribution in [1.29, 1.82) is 0 Å². The lowest BCUT2D eigenvalue weighted by Gasteiger charge is -2.25. The third-order valence-corrected chi connectivity index (χ3v) is 5.33. The Labute approximate surface area is 226 Å². The lowest BCUT2D eigenvalue weighted by molar-refractivity contribution is -0.129. The number of carbonyl (C=O) groups excluding carboxylic acids is 3. The van der Waals surface area contributed by atoms with Gasteiger partial charge in [-0.15, -0.1) is 0 Å². The highest BCUT2D eigenvalue weighted by Gasteiger charge is 2.27. The van der Waals surface area contributed by atoms with Gasteiger partial charge in [0.15, 0.2) is 0 Å². The first-order chi connectivity index (χ1) is 17.7. The van der Waals surface area contributed by atoms with E-state index < -0.39 is 29.7 Å². The van der Waals surface area contributed by atoms with Crippen molar-refractivity contribution in [3.8, 4) is 5.75 Å². The molecule has 2 atom stereocenters. The van der Waals surface area contributed by atoms with E-state index in [-0.39, 0.29) is 17.9 Å². The molecule has 0 saturated heterocycles. The molecule has 0 heterocycles. The third-order valence-electron chi connectivity index (χ3n) is 5.33. The van der Waals surface area contributed by atoms with Crippen LogP contribution in [-0.2, 0) is 27.2 Å². The number of carbonyl (C=O) groups is 3. The maximum atomic E-state index is 13.1. The minimum Gasteiger partial charge on any atom is -0.488 e. The summed E-state index contributed by atoms with van der Waals surface area (Å²) in [4.78, 5) is 38.2. The Kier molecular flexibility index (Phi) is 11.2. The van der Waals surface area contributed by atoms with Crippen LogP contribution in [0, 0.1) is 0 Å². The van der Waals surface area contributed by atoms with Crippen LogP contribution in [0.15, 0.2) is 54.6 Å². The molecule has 2 aromatic rings. The molecule has 208 valence electrons. The van der Waals surface area contributed by atoms with Gasteiger partial charge in [-0.2, -0.15) is 0 Å². The number of aryl methyl sites for hydroxylation is 1. The number of hydrogen-bond acceptors (Lipinski definition) is 5. The largest absolute Gasteiger partial charge is 0.488 e. The maximum Gasteiger partial charge on any atom is 0.408 e. The van der Waals surface area contributed by atoms with E-state index in [2.05, 4.69) is 16.0 Å². The van der Waals surface area contributed by atoms with Crippen LogP contribution in [0.25, 0.3) is 0 Å². The summed E-state index contributed by atoms with van der Waals surface area (Å²) in [5.74, 6) is -0.0520. The van der Waals surface area contributed by atoms with Gasteiger partial charge in [0.1, 0.15) is 29.0 Å². The van der Waals surface area contributed by atoms with Crippen molar-refractivity contribution in [1.82, 2.24) is 16.0 Å². The molecule has 0 saturated carbocycles. The molecule has 0 fully saturated rings. The standard InChI is InChI=1S/C30H43N3O5/c1-21(26(34)31-19-11-14-22-12-9-8-10-13-22)32-27(35)25(33-28(36)38-30(5,6)7)20-23-15-17-24(18-16-23)37-29(2,3)4/h8-10,12-13,15-18,21,25H,11,14,19-20H2,1-7H3,(H,31,34)(H,32,35)(H,33,36)/t21-,25+/m1/s1. The average Bonchev–Trinajstić information content (AvgIpc) is 2.81. The second kappa shape index (κ2) is 13.8. The normalized spacial score (nSPS) is 13.1. The van der Waals surface area contributed by atoms with Gasteiger partial charge in [-0.3, -0.25) is 9.59 Å². The zero-order valence-electron chi connectivity index (χ0n) is 23.7. The van der Waals surface area contributed by atoms with E-state index in [4.69, 9.17) is 9.47 Å². The van der Waals surface area contributed by atoms with Crippen molar-refractivity contribution < 1.29 is 23.9 Å². The van der Waals surface area contributed by atoms with E-state index in [1.54, 1.807) is 27.7 Å². The topological polar surface area (TPSA) is 106 Å². The fourth-order valence-corrected chi connectivity index (χ4v) is 3.62. The molecule has 0 aromatic heterocycles. The highest BCUT2D eigenvalue weighted by Crippen LogP contribution is 2.19. The molecule has 3 N–H and O–H groups in total. The van der Waals surface area contributed by atoms with E-state index in [0.717, 1.165) is 18.4 Å². The molecule has 0 aliphatic carbocycles. The van der Waals surface area contributed by atoms with Crippen LogP contribution in [0.3, 0.4) is 0 Å². The first-order valence-corrected chi connectivity index (χ1v) is 13.1. The molecule has 0 spiro atoms.